The Morgan fingerprint density at radius 1 is 1.06 bits per heavy atom. The quantitative estimate of drug-likeness (QED) is 0.0459. The van der Waals surface area contributed by atoms with E-state index in [1.54, 1.807) is 6.08 Å². The van der Waals surface area contributed by atoms with E-state index in [1.165, 1.54) is 11.8 Å². The number of carbonyl (C=O) groups excluding carboxylic acids is 1. The number of allylic oxidation sites excluding steroid dienone is 11. The van der Waals surface area contributed by atoms with Crippen molar-refractivity contribution >= 4 is 17.7 Å². The van der Waals surface area contributed by atoms with Gasteiger partial charge in [0, 0.05) is 24.9 Å². The average molecular weight is 663 g/mol. The minimum absolute atomic E-state index is 0. The molecule has 2 rings (SSSR count). The number of carbonyl (C=O) groups is 1. The van der Waals surface area contributed by atoms with Crippen LogP contribution in [-0.2, 0) is 4.79 Å². The summed E-state index contributed by atoms with van der Waals surface area (Å²) in [5, 5.41) is 15.8. The maximum absolute atomic E-state index is 15.3. The standard InChI is InChI=1S/C44H69FN2O.H2/c1-10-13-21-36(33(6)19-14-15-25-43(48)39(12-3)44(9)30-40(44)42(47)18-11-2)22-17-24-37(23-16-20-31(4)32(5)26-27-46)38-28-34(7)35(8)29-41(38)45;/h12,21,23,27,29,32-34,40,46-47H,4,10-11,13-20,22,24-26,28,30H2,1-3,5-9H3;1H/b36-21?,37-23-,39-12+,46-27?,47-42?;/t32?,33-,34?,40?,44?;/m1./s1. The van der Waals surface area contributed by atoms with Gasteiger partial charge in [-0.05, 0) is 138 Å². The third-order valence-electron chi connectivity index (χ3n) is 11.3. The van der Waals surface area contributed by atoms with Gasteiger partial charge in [-0.3, -0.25) is 4.79 Å². The fourth-order valence-corrected chi connectivity index (χ4v) is 7.52. The first kappa shape index (κ1) is 41.6. The maximum atomic E-state index is 15.3. The summed E-state index contributed by atoms with van der Waals surface area (Å²) >= 11 is 0. The highest BCUT2D eigenvalue weighted by Gasteiger charge is 2.55. The summed E-state index contributed by atoms with van der Waals surface area (Å²) < 4.78 is 15.3. The fraction of sp³-hybridized carbons (Fsp3) is 0.659. The van der Waals surface area contributed by atoms with Crippen molar-refractivity contribution in [3.8, 4) is 0 Å². The van der Waals surface area contributed by atoms with Gasteiger partial charge in [-0.1, -0.05) is 102 Å². The monoisotopic (exact) mass is 663 g/mol. The number of hydrogen-bond donors (Lipinski definition) is 2. The number of halogens is 1. The van der Waals surface area contributed by atoms with Crippen molar-refractivity contribution in [1.29, 1.82) is 10.8 Å². The van der Waals surface area contributed by atoms with Gasteiger partial charge in [-0.2, -0.15) is 0 Å². The summed E-state index contributed by atoms with van der Waals surface area (Å²) in [6.45, 7) is 21.5. The third-order valence-corrected chi connectivity index (χ3v) is 11.3. The van der Waals surface area contributed by atoms with Crippen molar-refractivity contribution in [3.05, 3.63) is 70.1 Å². The number of ketones is 1. The van der Waals surface area contributed by atoms with Crippen LogP contribution in [-0.4, -0.2) is 17.7 Å². The predicted molar refractivity (Wildman–Crippen MR) is 209 cm³/mol. The van der Waals surface area contributed by atoms with E-state index in [2.05, 4.69) is 60.3 Å². The molecule has 0 saturated heterocycles. The van der Waals surface area contributed by atoms with Gasteiger partial charge in [0.15, 0.2) is 5.78 Å². The lowest BCUT2D eigenvalue weighted by Gasteiger charge is -2.23. The Balaban J connectivity index is 0.0000120. The molecule has 0 amide bonds. The van der Waals surface area contributed by atoms with Crippen molar-refractivity contribution in [2.24, 2.45) is 29.1 Å². The maximum Gasteiger partial charge on any atom is 0.159 e. The molecule has 4 heteroatoms. The van der Waals surface area contributed by atoms with E-state index >= 15 is 4.39 Å². The lowest BCUT2D eigenvalue weighted by atomic mass is 9.82. The zero-order valence-electron chi connectivity index (χ0n) is 32.0. The number of nitrogens with one attached hydrogen (secondary N) is 2. The van der Waals surface area contributed by atoms with Gasteiger partial charge in [-0.25, -0.2) is 4.39 Å². The molecule has 0 aromatic rings. The molecule has 3 nitrogen and oxygen atoms in total. The Hall–Kier alpha value is -2.62. The van der Waals surface area contributed by atoms with Crippen LogP contribution in [0.5, 0.6) is 0 Å². The Morgan fingerprint density at radius 3 is 2.44 bits per heavy atom. The Morgan fingerprint density at radius 2 is 1.79 bits per heavy atom. The van der Waals surface area contributed by atoms with Crippen molar-refractivity contribution in [3.63, 3.8) is 0 Å². The zero-order chi connectivity index (χ0) is 35.9. The molecule has 0 aliphatic heterocycles. The van der Waals surface area contributed by atoms with Gasteiger partial charge in [0.2, 0.25) is 0 Å². The Kier molecular flexibility index (Phi) is 18.0. The van der Waals surface area contributed by atoms with Crippen LogP contribution < -0.4 is 0 Å². The van der Waals surface area contributed by atoms with E-state index in [4.69, 9.17) is 10.8 Å². The summed E-state index contributed by atoms with van der Waals surface area (Å²) in [5.74, 6) is 1.57. The van der Waals surface area contributed by atoms with E-state index in [1.807, 2.05) is 19.9 Å². The summed E-state index contributed by atoms with van der Waals surface area (Å²) in [7, 11) is 0. The zero-order valence-corrected chi connectivity index (χ0v) is 32.0. The molecule has 5 atom stereocenters. The second-order valence-electron chi connectivity index (χ2n) is 15.2. The topological polar surface area (TPSA) is 64.8 Å². The Bertz CT molecular complexity index is 1280. The van der Waals surface area contributed by atoms with E-state index in [0.717, 1.165) is 130 Å². The average Bonchev–Trinajstić information content (AvgIpc) is 3.74. The largest absolute Gasteiger partial charge is 0.313 e. The molecule has 1 saturated carbocycles. The molecule has 2 aliphatic rings. The van der Waals surface area contributed by atoms with Crippen LogP contribution in [0.25, 0.3) is 0 Å². The summed E-state index contributed by atoms with van der Waals surface area (Å²) in [5.41, 5.74) is 7.46. The first-order chi connectivity index (χ1) is 22.8. The lowest BCUT2D eigenvalue weighted by Crippen LogP contribution is -2.16. The summed E-state index contributed by atoms with van der Waals surface area (Å²) in [6, 6.07) is 0. The molecule has 48 heavy (non-hydrogen) atoms. The van der Waals surface area contributed by atoms with Crippen LogP contribution in [0.4, 0.5) is 4.39 Å². The van der Waals surface area contributed by atoms with Crippen molar-refractivity contribution < 1.29 is 10.6 Å². The molecule has 0 radical (unpaired) electrons. The van der Waals surface area contributed by atoms with E-state index in [-0.39, 0.29) is 24.4 Å². The molecule has 2 aliphatic carbocycles. The molecule has 0 heterocycles. The van der Waals surface area contributed by atoms with Gasteiger partial charge in [0.25, 0.3) is 0 Å². The number of hydrogen-bond acceptors (Lipinski definition) is 3. The molecule has 1 fully saturated rings. The van der Waals surface area contributed by atoms with Crippen molar-refractivity contribution in [2.45, 2.75) is 158 Å². The highest BCUT2D eigenvalue weighted by Crippen LogP contribution is 2.58. The lowest BCUT2D eigenvalue weighted by molar-refractivity contribution is -0.116. The summed E-state index contributed by atoms with van der Waals surface area (Å²) in [6.07, 6.45) is 24.6. The molecule has 270 valence electrons. The smallest absolute Gasteiger partial charge is 0.159 e. The Labute approximate surface area is 295 Å². The summed E-state index contributed by atoms with van der Waals surface area (Å²) in [4.78, 5) is 13.3. The minimum atomic E-state index is -0.133. The van der Waals surface area contributed by atoms with Crippen molar-refractivity contribution in [2.75, 3.05) is 0 Å². The molecule has 2 N–H and O–H groups in total. The van der Waals surface area contributed by atoms with Gasteiger partial charge >= 0.3 is 0 Å². The highest BCUT2D eigenvalue weighted by atomic mass is 19.1. The third kappa shape index (κ3) is 12.4. The van der Waals surface area contributed by atoms with Gasteiger partial charge < -0.3 is 10.8 Å². The van der Waals surface area contributed by atoms with Gasteiger partial charge in [0.05, 0.1) is 0 Å². The van der Waals surface area contributed by atoms with E-state index in [0.29, 0.717) is 24.2 Å². The molecule has 0 aromatic heterocycles. The van der Waals surface area contributed by atoms with E-state index < -0.39 is 0 Å². The van der Waals surface area contributed by atoms with Crippen LogP contribution in [0.3, 0.4) is 0 Å². The molecular formula is C44H71FN2O. The number of Topliss-reactive ketones (excluding diaryl/α,β-unsaturated/α-hetero) is 1. The fourth-order valence-electron chi connectivity index (χ4n) is 7.52. The van der Waals surface area contributed by atoms with Gasteiger partial charge in [-0.15, -0.1) is 0 Å². The van der Waals surface area contributed by atoms with Crippen LogP contribution in [0.15, 0.2) is 70.1 Å². The molecule has 4 unspecified atom stereocenters. The minimum Gasteiger partial charge on any atom is -0.313 e. The van der Waals surface area contributed by atoms with Crippen LogP contribution in [0, 0.1) is 39.9 Å². The van der Waals surface area contributed by atoms with Crippen LogP contribution in [0.1, 0.15) is 160 Å². The number of rotatable bonds is 24. The second-order valence-corrected chi connectivity index (χ2v) is 15.2. The van der Waals surface area contributed by atoms with E-state index in [9.17, 15) is 4.79 Å². The SMILES string of the molecule is C=C(CC/C=C(/CCCC(=CCCC)[C@H](C)CCCCC(=O)/C(=C\C)C1(C)CC1C(=N)CCC)C1=C(F)C=C(C)C(C)C1)C(C)CC=N.[HH]. The second kappa shape index (κ2) is 20.8. The van der Waals surface area contributed by atoms with Gasteiger partial charge in [0.1, 0.15) is 5.83 Å². The normalized spacial score (nSPS) is 23.1. The van der Waals surface area contributed by atoms with Crippen LogP contribution >= 0.6 is 0 Å². The van der Waals surface area contributed by atoms with Crippen LogP contribution in [0.2, 0.25) is 0 Å². The molecule has 0 bridgehead atoms. The molecule has 0 spiro atoms. The molecule has 0 aromatic carbocycles. The van der Waals surface area contributed by atoms with Crippen molar-refractivity contribution in [1.82, 2.24) is 0 Å². The first-order valence-electron chi connectivity index (χ1n) is 19.2. The highest BCUT2D eigenvalue weighted by molar-refractivity contribution is 6.00. The first-order valence-corrected chi connectivity index (χ1v) is 19.2. The predicted octanol–water partition coefficient (Wildman–Crippen LogP) is 13.8. The number of unbranched alkanes of at least 4 members (excludes halogenated alkanes) is 2. The molecular weight excluding hydrogens is 591 g/mol.